The molecule has 7 nitrogen and oxygen atoms in total. The molecule has 2 aromatic carbocycles. The van der Waals surface area contributed by atoms with E-state index >= 15 is 0 Å². The van der Waals surface area contributed by atoms with Gasteiger partial charge in [0.05, 0.1) is 21.1 Å². The Kier molecular flexibility index (Phi) is 5.44. The number of carbonyl (C=O) groups excluding carboxylic acids is 1. The zero-order valence-electron chi connectivity index (χ0n) is 13.9. The SMILES string of the molecule is CC(=O)c1c(-c2ccc(Cl)cc2)c2c(Cl)c(OS(=O)(=O)O)cc(Cl)c2[nH]c1=O. The van der Waals surface area contributed by atoms with Crippen molar-refractivity contribution in [3.63, 3.8) is 0 Å². The quantitative estimate of drug-likeness (QED) is 0.435. The monoisotopic (exact) mass is 461 g/mol. The lowest BCUT2D eigenvalue weighted by Crippen LogP contribution is -2.18. The molecule has 0 aliphatic rings. The van der Waals surface area contributed by atoms with Gasteiger partial charge in [0.25, 0.3) is 5.56 Å². The van der Waals surface area contributed by atoms with E-state index in [1.54, 1.807) is 24.3 Å². The summed E-state index contributed by atoms with van der Waals surface area (Å²) in [6.45, 7) is 1.20. The van der Waals surface area contributed by atoms with Gasteiger partial charge in [-0.15, -0.1) is 0 Å². The molecule has 0 aliphatic heterocycles. The maximum atomic E-state index is 12.5. The summed E-state index contributed by atoms with van der Waals surface area (Å²) in [6.07, 6.45) is 0. The van der Waals surface area contributed by atoms with E-state index in [0.29, 0.717) is 10.6 Å². The summed E-state index contributed by atoms with van der Waals surface area (Å²) in [7, 11) is -4.90. The molecule has 0 aliphatic carbocycles. The predicted octanol–water partition coefficient (Wildman–Crippen LogP) is 4.54. The Morgan fingerprint density at radius 3 is 2.29 bits per heavy atom. The minimum absolute atomic E-state index is 0.0642. The van der Waals surface area contributed by atoms with Gasteiger partial charge in [-0.25, -0.2) is 0 Å². The Bertz CT molecular complexity index is 1280. The maximum absolute atomic E-state index is 12.5. The Morgan fingerprint density at radius 2 is 1.75 bits per heavy atom. The van der Waals surface area contributed by atoms with Crippen LogP contribution in [0.1, 0.15) is 17.3 Å². The molecule has 3 aromatic rings. The number of fused-ring (bicyclic) bond motifs is 1. The second-order valence-electron chi connectivity index (χ2n) is 5.70. The number of pyridine rings is 1. The second-order valence-corrected chi connectivity index (χ2v) is 7.94. The number of aromatic amines is 1. The lowest BCUT2D eigenvalue weighted by molar-refractivity contribution is 0.101. The van der Waals surface area contributed by atoms with Crippen LogP contribution in [-0.2, 0) is 10.4 Å². The zero-order chi connectivity index (χ0) is 20.8. The molecule has 0 fully saturated rings. The molecule has 28 heavy (non-hydrogen) atoms. The van der Waals surface area contributed by atoms with Crippen LogP contribution in [0.25, 0.3) is 22.0 Å². The molecule has 0 saturated carbocycles. The van der Waals surface area contributed by atoms with Crippen molar-refractivity contribution < 1.29 is 21.9 Å². The molecule has 0 bridgehead atoms. The normalized spacial score (nSPS) is 11.6. The van der Waals surface area contributed by atoms with E-state index in [4.69, 9.17) is 39.4 Å². The number of rotatable bonds is 4. The van der Waals surface area contributed by atoms with Gasteiger partial charge in [-0.05, 0) is 24.6 Å². The molecule has 0 spiro atoms. The fourth-order valence-electron chi connectivity index (χ4n) is 2.79. The minimum atomic E-state index is -4.90. The van der Waals surface area contributed by atoms with Crippen molar-refractivity contribution in [2.45, 2.75) is 6.92 Å². The average Bonchev–Trinajstić information content (AvgIpc) is 2.57. The van der Waals surface area contributed by atoms with Crippen molar-refractivity contribution in [3.05, 3.63) is 61.3 Å². The van der Waals surface area contributed by atoms with Crippen molar-refractivity contribution >= 4 is 61.9 Å². The number of carbonyl (C=O) groups is 1. The highest BCUT2D eigenvalue weighted by atomic mass is 35.5. The smallest absolute Gasteiger partial charge is 0.360 e. The average molecular weight is 463 g/mol. The topological polar surface area (TPSA) is 114 Å². The van der Waals surface area contributed by atoms with Gasteiger partial charge in [0, 0.05) is 22.0 Å². The van der Waals surface area contributed by atoms with E-state index in [9.17, 15) is 18.0 Å². The zero-order valence-corrected chi connectivity index (χ0v) is 17.0. The van der Waals surface area contributed by atoms with E-state index in [2.05, 4.69) is 9.17 Å². The number of H-pyrrole nitrogens is 1. The van der Waals surface area contributed by atoms with Crippen LogP contribution in [0.15, 0.2) is 35.1 Å². The predicted molar refractivity (Wildman–Crippen MR) is 107 cm³/mol. The summed E-state index contributed by atoms with van der Waals surface area (Å²) in [5.74, 6) is -1.03. The van der Waals surface area contributed by atoms with Crippen LogP contribution in [0.4, 0.5) is 0 Å². The maximum Gasteiger partial charge on any atom is 0.446 e. The molecule has 1 aromatic heterocycles. The summed E-state index contributed by atoms with van der Waals surface area (Å²) in [6, 6.07) is 7.23. The van der Waals surface area contributed by atoms with E-state index < -0.39 is 27.5 Å². The Labute approximate surface area is 173 Å². The van der Waals surface area contributed by atoms with Crippen molar-refractivity contribution in [2.24, 2.45) is 0 Å². The minimum Gasteiger partial charge on any atom is -0.360 e. The van der Waals surface area contributed by atoms with Gasteiger partial charge in [-0.1, -0.05) is 46.9 Å². The van der Waals surface area contributed by atoms with Gasteiger partial charge in [-0.2, -0.15) is 8.42 Å². The fourth-order valence-corrected chi connectivity index (χ4v) is 3.84. The fraction of sp³-hybridized carbons (Fsp3) is 0.0588. The Balaban J connectivity index is 2.55. The molecule has 146 valence electrons. The van der Waals surface area contributed by atoms with Crippen molar-refractivity contribution in [1.82, 2.24) is 4.98 Å². The molecule has 0 saturated heterocycles. The molecular weight excluding hydrogens is 453 g/mol. The van der Waals surface area contributed by atoms with Crippen LogP contribution in [0.5, 0.6) is 5.75 Å². The van der Waals surface area contributed by atoms with Crippen LogP contribution < -0.4 is 9.74 Å². The first-order valence-electron chi connectivity index (χ1n) is 7.51. The van der Waals surface area contributed by atoms with E-state index in [-0.39, 0.29) is 32.1 Å². The highest BCUT2D eigenvalue weighted by molar-refractivity contribution is 7.81. The van der Waals surface area contributed by atoms with E-state index in [0.717, 1.165) is 6.07 Å². The molecule has 0 amide bonds. The van der Waals surface area contributed by atoms with Gasteiger partial charge < -0.3 is 9.17 Å². The molecular formula is C17H10Cl3NO6S. The molecule has 2 N–H and O–H groups in total. The highest BCUT2D eigenvalue weighted by Gasteiger charge is 2.24. The number of benzene rings is 2. The third-order valence-corrected chi connectivity index (χ3v) is 5.14. The Morgan fingerprint density at radius 1 is 1.14 bits per heavy atom. The van der Waals surface area contributed by atoms with Crippen molar-refractivity contribution in [2.75, 3.05) is 0 Å². The summed E-state index contributed by atoms with van der Waals surface area (Å²) in [5, 5.41) is 0.0999. The lowest BCUT2D eigenvalue weighted by atomic mass is 9.94. The first-order valence-corrected chi connectivity index (χ1v) is 10.0. The highest BCUT2D eigenvalue weighted by Crippen LogP contribution is 2.43. The van der Waals surface area contributed by atoms with E-state index in [1.807, 2.05) is 0 Å². The first-order chi connectivity index (χ1) is 13.0. The summed E-state index contributed by atoms with van der Waals surface area (Å²) >= 11 is 18.4. The number of hydrogen-bond acceptors (Lipinski definition) is 5. The van der Waals surface area contributed by atoms with Gasteiger partial charge in [0.2, 0.25) is 0 Å². The molecule has 1 heterocycles. The second kappa shape index (κ2) is 7.38. The number of aromatic nitrogens is 1. The third kappa shape index (κ3) is 3.87. The Hall–Kier alpha value is -2.10. The summed E-state index contributed by atoms with van der Waals surface area (Å²) in [4.78, 5) is 27.2. The van der Waals surface area contributed by atoms with Crippen molar-refractivity contribution in [3.8, 4) is 16.9 Å². The number of nitrogens with one attached hydrogen (secondary N) is 1. The van der Waals surface area contributed by atoms with Crippen LogP contribution in [0.2, 0.25) is 15.1 Å². The number of hydrogen-bond donors (Lipinski definition) is 2. The largest absolute Gasteiger partial charge is 0.446 e. The van der Waals surface area contributed by atoms with Crippen LogP contribution in [0.3, 0.4) is 0 Å². The number of ketones is 1. The first kappa shape index (κ1) is 20.6. The standard InChI is InChI=1S/C17H10Cl3NO6S/c1-7(22)12-13(8-2-4-9(18)5-3-8)14-15(20)11(27-28(24,25)26)6-10(19)16(14)21-17(12)23/h2-6H,1H3,(H,21,23)(H,24,25,26). The molecule has 11 heteroatoms. The van der Waals surface area contributed by atoms with E-state index in [1.165, 1.54) is 6.92 Å². The van der Waals surface area contributed by atoms with Gasteiger partial charge >= 0.3 is 10.4 Å². The van der Waals surface area contributed by atoms with Crippen LogP contribution in [0, 0.1) is 0 Å². The van der Waals surface area contributed by atoms with Crippen molar-refractivity contribution in [1.29, 1.82) is 0 Å². The van der Waals surface area contributed by atoms with Gasteiger partial charge in [-0.3, -0.25) is 14.1 Å². The van der Waals surface area contributed by atoms with Gasteiger partial charge in [0.15, 0.2) is 11.5 Å². The lowest BCUT2D eigenvalue weighted by Gasteiger charge is -2.15. The summed E-state index contributed by atoms with van der Waals surface area (Å²) in [5.41, 5.74) is -0.319. The number of Topliss-reactive ketones (excluding diaryl/α,β-unsaturated/α-hetero) is 1. The molecule has 3 rings (SSSR count). The van der Waals surface area contributed by atoms with Gasteiger partial charge in [0.1, 0.15) is 0 Å². The van der Waals surface area contributed by atoms with Crippen LogP contribution >= 0.6 is 34.8 Å². The summed E-state index contributed by atoms with van der Waals surface area (Å²) < 4.78 is 35.7. The third-order valence-electron chi connectivity index (χ3n) is 3.83. The van der Waals surface area contributed by atoms with Crippen LogP contribution in [-0.4, -0.2) is 23.7 Å². The number of halogens is 3. The molecule has 0 atom stereocenters. The molecule has 0 unspecified atom stereocenters. The molecule has 0 radical (unpaired) electrons.